The highest BCUT2D eigenvalue weighted by molar-refractivity contribution is 6.33. The van der Waals surface area contributed by atoms with E-state index in [-0.39, 0.29) is 35.6 Å². The van der Waals surface area contributed by atoms with Crippen molar-refractivity contribution in [3.05, 3.63) is 93.2 Å². The molecule has 3 aromatic rings. The zero-order chi connectivity index (χ0) is 37.9. The summed E-state index contributed by atoms with van der Waals surface area (Å²) in [4.78, 5) is 50.5. The third-order valence-corrected chi connectivity index (χ3v) is 8.71. The van der Waals surface area contributed by atoms with E-state index >= 15 is 0 Å². The fourth-order valence-corrected chi connectivity index (χ4v) is 6.30. The van der Waals surface area contributed by atoms with Gasteiger partial charge in [-0.25, -0.2) is 9.18 Å². The van der Waals surface area contributed by atoms with Crippen molar-refractivity contribution in [1.29, 1.82) is 0 Å². The molecule has 2 fully saturated rings. The second kappa shape index (κ2) is 18.5. The summed E-state index contributed by atoms with van der Waals surface area (Å²) in [6.45, 7) is 5.54. The number of fused-ring (bicyclic) bond motifs is 2. The van der Waals surface area contributed by atoms with Crippen LogP contribution in [0.4, 0.5) is 15.8 Å². The summed E-state index contributed by atoms with van der Waals surface area (Å²) in [6, 6.07) is 13.2. The van der Waals surface area contributed by atoms with E-state index in [9.17, 15) is 23.6 Å². The van der Waals surface area contributed by atoms with Crippen LogP contribution in [0.5, 0.6) is 11.5 Å². The van der Waals surface area contributed by atoms with Crippen LogP contribution in [-0.2, 0) is 30.5 Å². The molecule has 2 heterocycles. The molecule has 2 atom stereocenters. The summed E-state index contributed by atoms with van der Waals surface area (Å²) >= 11 is 12.1. The highest BCUT2D eigenvalue weighted by atomic mass is 35.5. The first-order chi connectivity index (χ1) is 24.8. The van der Waals surface area contributed by atoms with Gasteiger partial charge in [0.2, 0.25) is 17.7 Å². The first kappa shape index (κ1) is 39.8. The molecule has 0 saturated carbocycles. The molecular formula is C37H39Cl2FN4O8. The maximum Gasteiger partial charge on any atom is 0.328 e. The molecule has 2 aliphatic heterocycles. The van der Waals surface area contributed by atoms with Crippen LogP contribution in [0.25, 0.3) is 12.2 Å². The molecule has 2 bridgehead atoms. The number of amides is 3. The molecule has 0 aromatic heterocycles. The summed E-state index contributed by atoms with van der Waals surface area (Å²) in [5.41, 5.74) is 2.90. The zero-order valence-electron chi connectivity index (χ0n) is 29.0. The summed E-state index contributed by atoms with van der Waals surface area (Å²) in [5, 5.41) is 14.6. The predicted molar refractivity (Wildman–Crippen MR) is 197 cm³/mol. The zero-order valence-corrected chi connectivity index (χ0v) is 30.5. The molecule has 0 spiro atoms. The fraction of sp³-hybridized carbons (Fsp3) is 0.297. The number of hydrogen-bond acceptors (Lipinski definition) is 8. The van der Waals surface area contributed by atoms with Crippen LogP contribution in [0.1, 0.15) is 30.5 Å². The third-order valence-electron chi connectivity index (χ3n) is 8.12. The molecule has 2 aliphatic rings. The first-order valence-electron chi connectivity index (χ1n) is 16.0. The molecule has 3 N–H and O–H groups in total. The number of carboxylic acid groups (broad SMARTS) is 1. The number of aliphatic carboxylic acids is 1. The smallest absolute Gasteiger partial charge is 0.328 e. The van der Waals surface area contributed by atoms with Gasteiger partial charge in [0.25, 0.3) is 0 Å². The minimum atomic E-state index is -1.09. The number of piperazine rings is 1. The van der Waals surface area contributed by atoms with E-state index in [1.54, 1.807) is 42.5 Å². The number of methoxy groups -OCH3 is 2. The van der Waals surface area contributed by atoms with Gasteiger partial charge in [-0.05, 0) is 42.0 Å². The normalized spacial score (nSPS) is 16.9. The third kappa shape index (κ3) is 10.5. The number of morpholine rings is 1. The Morgan fingerprint density at radius 3 is 1.75 bits per heavy atom. The number of nitrogens with zero attached hydrogens (tertiary/aromatic N) is 2. The van der Waals surface area contributed by atoms with Crippen molar-refractivity contribution in [2.24, 2.45) is 0 Å². The Balaban J connectivity index is 0.000000284. The maximum absolute atomic E-state index is 13.3. The Hall–Kier alpha value is -4.95. The lowest BCUT2D eigenvalue weighted by molar-refractivity contribution is -0.141. The van der Waals surface area contributed by atoms with Crippen molar-refractivity contribution in [3.63, 3.8) is 0 Å². The number of rotatable bonds is 10. The van der Waals surface area contributed by atoms with E-state index < -0.39 is 5.97 Å². The molecule has 276 valence electrons. The van der Waals surface area contributed by atoms with Crippen LogP contribution in [0.2, 0.25) is 10.0 Å². The van der Waals surface area contributed by atoms with Crippen LogP contribution >= 0.6 is 23.2 Å². The number of carbonyl (C=O) groups is 4. The largest absolute Gasteiger partial charge is 0.493 e. The monoisotopic (exact) mass is 756 g/mol. The van der Waals surface area contributed by atoms with Gasteiger partial charge in [0.05, 0.1) is 60.9 Å². The minimum absolute atomic E-state index is 0.0560. The van der Waals surface area contributed by atoms with E-state index in [2.05, 4.69) is 15.5 Å². The van der Waals surface area contributed by atoms with Gasteiger partial charge in [-0.3, -0.25) is 19.3 Å². The van der Waals surface area contributed by atoms with Crippen LogP contribution in [0, 0.1) is 5.82 Å². The standard InChI is InChI=1S/C25H27ClFN3O4.C12H12ClNO4/c1-16(31)28-24-18(5-9-22(26)25(24)33-2)6-10-23(32)29-12-20-14-34-15-21(13-29)30(20)11-17-3-7-19(27)8-4-17;1-7(15)14-11-8(4-6-10(16)17)3-5-9(13)12(11)18-2/h3-10,20-21H,11-15H2,1-2H3,(H,28,31);3-6H,1-2H3,(H,14,15)(H,16,17)/b10-6+;6-4+. The molecule has 2 saturated heterocycles. The van der Waals surface area contributed by atoms with Crippen molar-refractivity contribution < 1.29 is 42.9 Å². The van der Waals surface area contributed by atoms with Crippen molar-refractivity contribution in [3.8, 4) is 11.5 Å². The Kier molecular flexibility index (Phi) is 14.2. The Bertz CT molecular complexity index is 1840. The van der Waals surface area contributed by atoms with Crippen molar-refractivity contribution >= 4 is 70.4 Å². The number of anilines is 2. The van der Waals surface area contributed by atoms with Crippen LogP contribution in [-0.4, -0.2) is 91.2 Å². The van der Waals surface area contributed by atoms with Gasteiger partial charge in [0, 0.05) is 56.8 Å². The first-order valence-corrected chi connectivity index (χ1v) is 16.8. The van der Waals surface area contributed by atoms with E-state index in [1.165, 1.54) is 52.4 Å². The van der Waals surface area contributed by atoms with Crippen LogP contribution < -0.4 is 20.1 Å². The lowest BCUT2D eigenvalue weighted by Gasteiger charge is -2.49. The average Bonchev–Trinajstić information content (AvgIpc) is 3.08. The Morgan fingerprint density at radius 2 is 1.31 bits per heavy atom. The highest BCUT2D eigenvalue weighted by Crippen LogP contribution is 2.38. The summed E-state index contributed by atoms with van der Waals surface area (Å²) in [5.74, 6) is -1.41. The SMILES string of the molecule is COc1c(Cl)ccc(/C=C/C(=O)N2CC3COCC(C2)N3Cc2ccc(F)cc2)c1NC(C)=O.COc1c(Cl)ccc(/C=C/C(=O)O)c1NC(C)=O. The van der Waals surface area contributed by atoms with Gasteiger partial charge in [0.15, 0.2) is 11.5 Å². The summed E-state index contributed by atoms with van der Waals surface area (Å²) in [6.07, 6.45) is 5.48. The van der Waals surface area contributed by atoms with Crippen molar-refractivity contribution in [1.82, 2.24) is 9.80 Å². The van der Waals surface area contributed by atoms with Gasteiger partial charge in [-0.15, -0.1) is 0 Å². The van der Waals surface area contributed by atoms with E-state index in [1.807, 2.05) is 4.90 Å². The van der Waals surface area contributed by atoms with Gasteiger partial charge in [-0.2, -0.15) is 0 Å². The quantitative estimate of drug-likeness (QED) is 0.213. The van der Waals surface area contributed by atoms with Crippen LogP contribution in [0.15, 0.2) is 60.7 Å². The molecule has 2 unspecified atom stereocenters. The maximum atomic E-state index is 13.3. The second-order valence-corrected chi connectivity index (χ2v) is 12.7. The lowest BCUT2D eigenvalue weighted by atomic mass is 10.0. The predicted octanol–water partition coefficient (Wildman–Crippen LogP) is 5.98. The average molecular weight is 758 g/mol. The molecule has 12 nitrogen and oxygen atoms in total. The van der Waals surface area contributed by atoms with E-state index in [0.717, 1.165) is 11.6 Å². The lowest BCUT2D eigenvalue weighted by Crippen LogP contribution is -2.64. The highest BCUT2D eigenvalue weighted by Gasteiger charge is 2.39. The van der Waals surface area contributed by atoms with Gasteiger partial charge < -0.3 is 34.9 Å². The number of benzene rings is 3. The molecule has 5 rings (SSSR count). The van der Waals surface area contributed by atoms with E-state index in [0.29, 0.717) is 76.9 Å². The Morgan fingerprint density at radius 1 is 0.827 bits per heavy atom. The number of ether oxygens (including phenoxy) is 3. The summed E-state index contributed by atoms with van der Waals surface area (Å²) in [7, 11) is 2.88. The number of nitrogens with one attached hydrogen (secondary N) is 2. The van der Waals surface area contributed by atoms with Crippen LogP contribution in [0.3, 0.4) is 0 Å². The van der Waals surface area contributed by atoms with Crippen molar-refractivity contribution in [2.75, 3.05) is 51.2 Å². The molecule has 0 radical (unpaired) electrons. The fourth-order valence-electron chi connectivity index (χ4n) is 5.83. The molecular weight excluding hydrogens is 718 g/mol. The van der Waals surface area contributed by atoms with E-state index in [4.69, 9.17) is 42.5 Å². The minimum Gasteiger partial charge on any atom is -0.493 e. The van der Waals surface area contributed by atoms with Gasteiger partial charge >= 0.3 is 5.97 Å². The topological polar surface area (TPSA) is 147 Å². The number of hydrogen-bond donors (Lipinski definition) is 3. The van der Waals surface area contributed by atoms with Gasteiger partial charge in [0.1, 0.15) is 5.82 Å². The molecule has 3 amide bonds. The van der Waals surface area contributed by atoms with Gasteiger partial charge in [-0.1, -0.05) is 47.5 Å². The summed E-state index contributed by atoms with van der Waals surface area (Å²) < 4.78 is 29.4. The Labute approximate surface area is 310 Å². The number of carboxylic acids is 1. The number of halogens is 3. The van der Waals surface area contributed by atoms with Crippen molar-refractivity contribution in [2.45, 2.75) is 32.5 Å². The molecule has 3 aromatic carbocycles. The number of carbonyl (C=O) groups excluding carboxylic acids is 3. The second-order valence-electron chi connectivity index (χ2n) is 11.8. The molecule has 15 heteroatoms. The molecule has 52 heavy (non-hydrogen) atoms. The molecule has 0 aliphatic carbocycles.